The van der Waals surface area contributed by atoms with Crippen LogP contribution in [-0.2, 0) is 17.6 Å². The molecule has 0 amide bonds. The standard InChI is InChI=1S/C26H34ClFN2O4/c1-17-14-29-18(2)12-26(17,13-19-4-7-21(27)8-5-19)30-15-25(3,33)16-34-23-11-22(28)9-6-20(23)10-24(31)32/h4-9,11,17-18,29-30,33H,10,12-16H2,1-3H3,(H,31,32)/t17-,18+,25?,26+/m1/s1. The number of ether oxygens (including phenoxy) is 1. The number of aliphatic hydroxyl groups is 1. The van der Waals surface area contributed by atoms with Crippen molar-refractivity contribution in [3.8, 4) is 5.75 Å². The zero-order valence-corrected chi connectivity index (χ0v) is 20.7. The molecule has 1 aliphatic heterocycles. The van der Waals surface area contributed by atoms with Crippen LogP contribution in [0.5, 0.6) is 5.75 Å². The molecule has 6 nitrogen and oxygen atoms in total. The molecule has 3 rings (SSSR count). The fourth-order valence-electron chi connectivity index (χ4n) is 4.54. The number of carboxylic acid groups (broad SMARTS) is 1. The van der Waals surface area contributed by atoms with Crippen molar-refractivity contribution < 1.29 is 24.1 Å². The van der Waals surface area contributed by atoms with Gasteiger partial charge in [-0.15, -0.1) is 0 Å². The van der Waals surface area contributed by atoms with Crippen LogP contribution in [0.3, 0.4) is 0 Å². The third-order valence-electron chi connectivity index (χ3n) is 6.55. The molecule has 2 aromatic carbocycles. The second-order valence-corrected chi connectivity index (χ2v) is 10.3. The van der Waals surface area contributed by atoms with Crippen LogP contribution in [0.4, 0.5) is 4.39 Å². The highest BCUT2D eigenvalue weighted by Gasteiger charge is 2.41. The SMILES string of the molecule is C[C@@H]1CN[C@@H](C)C[C@@]1(Cc1ccc(Cl)cc1)NCC(C)(O)COc1cc(F)ccc1CC(=O)O. The van der Waals surface area contributed by atoms with Crippen LogP contribution in [0, 0.1) is 11.7 Å². The van der Waals surface area contributed by atoms with Crippen LogP contribution in [0.2, 0.25) is 5.02 Å². The van der Waals surface area contributed by atoms with Gasteiger partial charge in [0, 0.05) is 34.8 Å². The van der Waals surface area contributed by atoms with E-state index in [0.717, 1.165) is 31.0 Å². The minimum absolute atomic E-state index is 0.116. The number of halogens is 2. The largest absolute Gasteiger partial charge is 0.490 e. The molecule has 1 aliphatic rings. The van der Waals surface area contributed by atoms with Crippen molar-refractivity contribution >= 4 is 17.6 Å². The van der Waals surface area contributed by atoms with Crippen molar-refractivity contribution in [2.45, 2.75) is 57.2 Å². The Morgan fingerprint density at radius 2 is 2.00 bits per heavy atom. The van der Waals surface area contributed by atoms with Crippen LogP contribution >= 0.6 is 11.6 Å². The Morgan fingerprint density at radius 1 is 1.29 bits per heavy atom. The van der Waals surface area contributed by atoms with Gasteiger partial charge >= 0.3 is 5.97 Å². The summed E-state index contributed by atoms with van der Waals surface area (Å²) in [5.41, 5.74) is -0.00631. The summed E-state index contributed by atoms with van der Waals surface area (Å²) in [6, 6.07) is 11.9. The molecule has 0 spiro atoms. The molecule has 4 N–H and O–H groups in total. The molecule has 1 fully saturated rings. The predicted molar refractivity (Wildman–Crippen MR) is 131 cm³/mol. The monoisotopic (exact) mass is 492 g/mol. The van der Waals surface area contributed by atoms with Gasteiger partial charge in [-0.05, 0) is 62.9 Å². The maximum absolute atomic E-state index is 13.7. The summed E-state index contributed by atoms with van der Waals surface area (Å²) in [7, 11) is 0. The Hall–Kier alpha value is -2.19. The number of aliphatic carboxylic acids is 1. The van der Waals surface area contributed by atoms with E-state index in [9.17, 15) is 14.3 Å². The lowest BCUT2D eigenvalue weighted by molar-refractivity contribution is -0.136. The summed E-state index contributed by atoms with van der Waals surface area (Å²) < 4.78 is 19.5. The third kappa shape index (κ3) is 7.15. The van der Waals surface area contributed by atoms with Crippen LogP contribution in [-0.4, -0.2) is 53.1 Å². The minimum Gasteiger partial charge on any atom is -0.490 e. The summed E-state index contributed by atoms with van der Waals surface area (Å²) in [5.74, 6) is -1.15. The highest BCUT2D eigenvalue weighted by Crippen LogP contribution is 2.32. The van der Waals surface area contributed by atoms with Crippen molar-refractivity contribution in [2.24, 2.45) is 5.92 Å². The fourth-order valence-corrected chi connectivity index (χ4v) is 4.66. The lowest BCUT2D eigenvalue weighted by Crippen LogP contribution is -2.64. The van der Waals surface area contributed by atoms with Crippen LogP contribution in [0.1, 0.15) is 38.3 Å². The number of nitrogens with one attached hydrogen (secondary N) is 2. The Balaban J connectivity index is 1.72. The molecule has 0 radical (unpaired) electrons. The number of β-amino-alcohol motifs (C(OH)–C–C–N with tert-alkyl or cyclic N) is 1. The fraction of sp³-hybridized carbons (Fsp3) is 0.500. The predicted octanol–water partition coefficient (Wildman–Crippen LogP) is 3.83. The number of hydrogen-bond acceptors (Lipinski definition) is 5. The molecule has 1 unspecified atom stereocenters. The van der Waals surface area contributed by atoms with E-state index in [2.05, 4.69) is 24.5 Å². The van der Waals surface area contributed by atoms with E-state index >= 15 is 0 Å². The number of hydrogen-bond donors (Lipinski definition) is 4. The Labute approximate surface area is 205 Å². The van der Waals surface area contributed by atoms with Gasteiger partial charge in [-0.25, -0.2) is 4.39 Å². The molecule has 0 saturated carbocycles. The van der Waals surface area contributed by atoms with Gasteiger partial charge < -0.3 is 25.6 Å². The number of rotatable bonds is 10. The van der Waals surface area contributed by atoms with Gasteiger partial charge in [-0.1, -0.05) is 36.7 Å². The molecular formula is C26H34ClFN2O4. The highest BCUT2D eigenvalue weighted by atomic mass is 35.5. The van der Waals surface area contributed by atoms with Gasteiger partial charge in [0.2, 0.25) is 0 Å². The average Bonchev–Trinajstić information content (AvgIpc) is 2.77. The molecule has 1 saturated heterocycles. The topological polar surface area (TPSA) is 90.8 Å². The summed E-state index contributed by atoms with van der Waals surface area (Å²) >= 11 is 6.07. The molecule has 0 bridgehead atoms. The summed E-state index contributed by atoms with van der Waals surface area (Å²) in [4.78, 5) is 11.1. The molecule has 186 valence electrons. The third-order valence-corrected chi connectivity index (χ3v) is 6.80. The van der Waals surface area contributed by atoms with E-state index in [1.165, 1.54) is 12.1 Å². The maximum Gasteiger partial charge on any atom is 0.307 e. The van der Waals surface area contributed by atoms with Crippen LogP contribution in [0.25, 0.3) is 0 Å². The van der Waals surface area contributed by atoms with E-state index < -0.39 is 17.4 Å². The number of piperidine rings is 1. The molecule has 1 heterocycles. The van der Waals surface area contributed by atoms with Crippen molar-refractivity contribution in [3.63, 3.8) is 0 Å². The van der Waals surface area contributed by atoms with E-state index in [1.807, 2.05) is 24.3 Å². The van der Waals surface area contributed by atoms with Gasteiger partial charge in [-0.3, -0.25) is 4.79 Å². The smallest absolute Gasteiger partial charge is 0.307 e. The van der Waals surface area contributed by atoms with E-state index in [4.69, 9.17) is 21.4 Å². The zero-order chi connectivity index (χ0) is 24.9. The number of benzene rings is 2. The molecule has 2 aromatic rings. The molecule has 34 heavy (non-hydrogen) atoms. The Morgan fingerprint density at radius 3 is 2.68 bits per heavy atom. The van der Waals surface area contributed by atoms with E-state index in [1.54, 1.807) is 6.92 Å². The molecule has 0 aromatic heterocycles. The summed E-state index contributed by atoms with van der Waals surface area (Å²) in [6.45, 7) is 6.98. The number of carbonyl (C=O) groups is 1. The minimum atomic E-state index is -1.27. The Bertz CT molecular complexity index is 985. The van der Waals surface area contributed by atoms with Gasteiger partial charge in [0.05, 0.1) is 6.42 Å². The summed E-state index contributed by atoms with van der Waals surface area (Å²) in [6.07, 6.45) is 1.37. The van der Waals surface area contributed by atoms with Gasteiger partial charge in [0.25, 0.3) is 0 Å². The Kier molecular flexibility index (Phi) is 8.57. The zero-order valence-electron chi connectivity index (χ0n) is 19.9. The van der Waals surface area contributed by atoms with Gasteiger partial charge in [0.15, 0.2) is 0 Å². The normalized spacial score (nSPS) is 24.4. The lowest BCUT2D eigenvalue weighted by Gasteiger charge is -2.48. The van der Waals surface area contributed by atoms with Gasteiger partial charge in [-0.2, -0.15) is 0 Å². The summed E-state index contributed by atoms with van der Waals surface area (Å²) in [5, 5.41) is 28.0. The number of carboxylic acids is 1. The highest BCUT2D eigenvalue weighted by molar-refractivity contribution is 6.30. The van der Waals surface area contributed by atoms with Crippen molar-refractivity contribution in [1.29, 1.82) is 0 Å². The first-order valence-corrected chi connectivity index (χ1v) is 11.9. The molecule has 0 aliphatic carbocycles. The van der Waals surface area contributed by atoms with Crippen molar-refractivity contribution in [3.05, 3.63) is 64.4 Å². The van der Waals surface area contributed by atoms with E-state index in [-0.39, 0.29) is 30.9 Å². The van der Waals surface area contributed by atoms with Crippen molar-refractivity contribution in [2.75, 3.05) is 19.7 Å². The second kappa shape index (κ2) is 11.0. The van der Waals surface area contributed by atoms with Crippen LogP contribution < -0.4 is 15.4 Å². The first-order valence-electron chi connectivity index (χ1n) is 11.6. The first-order chi connectivity index (χ1) is 16.0. The van der Waals surface area contributed by atoms with E-state index in [0.29, 0.717) is 22.5 Å². The second-order valence-electron chi connectivity index (χ2n) is 9.84. The lowest BCUT2D eigenvalue weighted by atomic mass is 9.72. The quantitative estimate of drug-likeness (QED) is 0.403. The average molecular weight is 493 g/mol. The van der Waals surface area contributed by atoms with Crippen molar-refractivity contribution in [1.82, 2.24) is 10.6 Å². The van der Waals surface area contributed by atoms with Crippen LogP contribution in [0.15, 0.2) is 42.5 Å². The molecule has 4 atom stereocenters. The van der Waals surface area contributed by atoms with Gasteiger partial charge in [0.1, 0.15) is 23.8 Å². The first kappa shape index (κ1) is 26.4. The molecule has 8 heteroatoms. The maximum atomic E-state index is 13.7. The molecular weight excluding hydrogens is 459 g/mol.